The maximum absolute atomic E-state index is 11.8. The van der Waals surface area contributed by atoms with Crippen molar-refractivity contribution in [1.29, 1.82) is 0 Å². The molecule has 1 aromatic rings. The van der Waals surface area contributed by atoms with E-state index in [4.69, 9.17) is 33.0 Å². The number of ether oxygens (including phenoxy) is 1. The van der Waals surface area contributed by atoms with Crippen LogP contribution in [-0.2, 0) is 20.7 Å². The number of benzene rings is 1. The van der Waals surface area contributed by atoms with Gasteiger partial charge in [0.1, 0.15) is 6.04 Å². The lowest BCUT2D eigenvalue weighted by atomic mass is 10.1. The molecular weight excluding hydrogens is 305 g/mol. The lowest BCUT2D eigenvalue weighted by Crippen LogP contribution is -2.42. The second kappa shape index (κ2) is 8.09. The average Bonchev–Trinajstić information content (AvgIpc) is 2.38. The summed E-state index contributed by atoms with van der Waals surface area (Å²) in [4.78, 5) is 22.8. The Hall–Kier alpha value is -1.30. The molecule has 1 rings (SSSR count). The summed E-state index contributed by atoms with van der Waals surface area (Å²) in [6.07, 6.45) is 0.243. The third-order valence-electron chi connectivity index (χ3n) is 2.59. The molecule has 0 aliphatic rings. The number of nitrogens with one attached hydrogen (secondary N) is 1. The van der Waals surface area contributed by atoms with Crippen LogP contribution in [-0.4, -0.2) is 36.7 Å². The summed E-state index contributed by atoms with van der Waals surface area (Å²) in [5, 5.41) is 12.2. The maximum atomic E-state index is 11.8. The van der Waals surface area contributed by atoms with Gasteiger partial charge in [-0.05, 0) is 17.7 Å². The molecule has 2 N–H and O–H groups in total. The van der Waals surface area contributed by atoms with E-state index in [0.717, 1.165) is 0 Å². The molecule has 0 radical (unpaired) electrons. The highest BCUT2D eigenvalue weighted by Gasteiger charge is 2.19. The Morgan fingerprint density at radius 2 is 2.05 bits per heavy atom. The summed E-state index contributed by atoms with van der Waals surface area (Å²) in [7, 11) is 1.47. The van der Waals surface area contributed by atoms with Crippen LogP contribution in [0.3, 0.4) is 0 Å². The lowest BCUT2D eigenvalue weighted by molar-refractivity contribution is -0.142. The van der Waals surface area contributed by atoms with Gasteiger partial charge in [0.05, 0.1) is 16.5 Å². The van der Waals surface area contributed by atoms with Gasteiger partial charge in [-0.1, -0.05) is 29.3 Å². The first-order valence-electron chi connectivity index (χ1n) is 5.89. The van der Waals surface area contributed by atoms with E-state index in [2.05, 4.69) is 5.32 Å². The minimum absolute atomic E-state index is 0.0354. The van der Waals surface area contributed by atoms with Gasteiger partial charge >= 0.3 is 5.97 Å². The number of hydrogen-bond donors (Lipinski definition) is 2. The number of carbonyl (C=O) groups excluding carboxylic acids is 1. The van der Waals surface area contributed by atoms with E-state index < -0.39 is 17.9 Å². The molecule has 0 heterocycles. The van der Waals surface area contributed by atoms with Gasteiger partial charge in [0.2, 0.25) is 5.91 Å². The van der Waals surface area contributed by atoms with E-state index in [1.165, 1.54) is 7.11 Å². The zero-order valence-corrected chi connectivity index (χ0v) is 12.4. The lowest BCUT2D eigenvalue weighted by Gasteiger charge is -2.14. The fourth-order valence-corrected chi connectivity index (χ4v) is 1.89. The minimum atomic E-state index is -1.09. The molecule has 110 valence electrons. The van der Waals surface area contributed by atoms with Crippen molar-refractivity contribution in [2.75, 3.05) is 13.7 Å². The topological polar surface area (TPSA) is 75.6 Å². The van der Waals surface area contributed by atoms with Crippen LogP contribution in [0.15, 0.2) is 18.2 Å². The molecule has 0 saturated heterocycles. The molecule has 1 atom stereocenters. The molecule has 5 nitrogen and oxygen atoms in total. The first-order chi connectivity index (χ1) is 9.43. The summed E-state index contributed by atoms with van der Waals surface area (Å²) in [6, 6.07) is 3.87. The Morgan fingerprint density at radius 3 is 2.60 bits per heavy atom. The average molecular weight is 320 g/mol. The highest BCUT2D eigenvalue weighted by molar-refractivity contribution is 6.42. The van der Waals surface area contributed by atoms with Crippen molar-refractivity contribution in [3.05, 3.63) is 33.8 Å². The van der Waals surface area contributed by atoms with Crippen molar-refractivity contribution < 1.29 is 19.4 Å². The number of halogens is 2. The first kappa shape index (κ1) is 16.8. The summed E-state index contributed by atoms with van der Waals surface area (Å²) in [5.74, 6) is -1.49. The van der Waals surface area contributed by atoms with Gasteiger partial charge in [-0.25, -0.2) is 4.79 Å². The van der Waals surface area contributed by atoms with Gasteiger partial charge in [0, 0.05) is 20.1 Å². The number of carboxylic acids is 1. The molecular formula is C13H15Cl2NO4. The van der Waals surface area contributed by atoms with Crippen molar-refractivity contribution in [3.8, 4) is 0 Å². The Labute approximate surface area is 126 Å². The van der Waals surface area contributed by atoms with Crippen LogP contribution < -0.4 is 5.32 Å². The van der Waals surface area contributed by atoms with E-state index in [-0.39, 0.29) is 19.4 Å². The van der Waals surface area contributed by atoms with Crippen molar-refractivity contribution in [3.63, 3.8) is 0 Å². The van der Waals surface area contributed by atoms with Crippen molar-refractivity contribution in [2.24, 2.45) is 0 Å². The van der Waals surface area contributed by atoms with Crippen molar-refractivity contribution in [1.82, 2.24) is 5.32 Å². The van der Waals surface area contributed by atoms with Crippen LogP contribution in [0.1, 0.15) is 12.0 Å². The van der Waals surface area contributed by atoms with Crippen LogP contribution in [0.5, 0.6) is 0 Å². The molecule has 0 aliphatic heterocycles. The molecule has 1 unspecified atom stereocenters. The molecule has 7 heteroatoms. The molecule has 0 fully saturated rings. The monoisotopic (exact) mass is 319 g/mol. The molecule has 0 bridgehead atoms. The van der Waals surface area contributed by atoms with Gasteiger partial charge < -0.3 is 15.2 Å². The number of rotatable bonds is 7. The van der Waals surface area contributed by atoms with E-state index in [0.29, 0.717) is 15.6 Å². The quantitative estimate of drug-likeness (QED) is 0.807. The van der Waals surface area contributed by atoms with Crippen LogP contribution in [0, 0.1) is 0 Å². The number of hydrogen-bond acceptors (Lipinski definition) is 3. The number of carbonyl (C=O) groups is 2. The SMILES string of the molecule is COCCC(NC(=O)Cc1ccc(Cl)c(Cl)c1)C(=O)O. The standard InChI is InChI=1S/C13H15Cl2NO4/c1-20-5-4-11(13(18)19)16-12(17)7-8-2-3-9(14)10(15)6-8/h2-3,6,11H,4-5,7H2,1H3,(H,16,17)(H,18,19). The molecule has 0 aromatic heterocycles. The third-order valence-corrected chi connectivity index (χ3v) is 3.33. The minimum Gasteiger partial charge on any atom is -0.480 e. The molecule has 1 amide bonds. The van der Waals surface area contributed by atoms with Crippen molar-refractivity contribution >= 4 is 35.1 Å². The zero-order valence-electron chi connectivity index (χ0n) is 10.9. The van der Waals surface area contributed by atoms with Crippen molar-refractivity contribution in [2.45, 2.75) is 18.9 Å². The van der Waals surface area contributed by atoms with E-state index in [1.807, 2.05) is 0 Å². The van der Waals surface area contributed by atoms with E-state index in [9.17, 15) is 9.59 Å². The Morgan fingerprint density at radius 1 is 1.35 bits per heavy atom. The first-order valence-corrected chi connectivity index (χ1v) is 6.64. The predicted octanol–water partition coefficient (Wildman–Crippen LogP) is 2.14. The molecule has 0 saturated carbocycles. The number of aliphatic carboxylic acids is 1. The van der Waals surface area contributed by atoms with Gasteiger partial charge in [-0.15, -0.1) is 0 Å². The number of methoxy groups -OCH3 is 1. The van der Waals surface area contributed by atoms with Gasteiger partial charge in [0.25, 0.3) is 0 Å². The van der Waals surface area contributed by atoms with E-state index in [1.54, 1.807) is 18.2 Å². The summed E-state index contributed by atoms with van der Waals surface area (Å²) < 4.78 is 4.80. The summed E-state index contributed by atoms with van der Waals surface area (Å²) in [5.41, 5.74) is 0.660. The number of amides is 1. The van der Waals surface area contributed by atoms with E-state index >= 15 is 0 Å². The zero-order chi connectivity index (χ0) is 15.1. The highest BCUT2D eigenvalue weighted by Crippen LogP contribution is 2.22. The Bertz CT molecular complexity index is 493. The summed E-state index contributed by atoms with van der Waals surface area (Å²) in [6.45, 7) is 0.254. The summed E-state index contributed by atoms with van der Waals surface area (Å²) >= 11 is 11.6. The highest BCUT2D eigenvalue weighted by atomic mass is 35.5. The van der Waals surface area contributed by atoms with Crippen LogP contribution in [0.25, 0.3) is 0 Å². The van der Waals surface area contributed by atoms with Crippen LogP contribution >= 0.6 is 23.2 Å². The van der Waals surface area contributed by atoms with Gasteiger partial charge in [0.15, 0.2) is 0 Å². The van der Waals surface area contributed by atoms with Crippen LogP contribution in [0.2, 0.25) is 10.0 Å². The molecule has 20 heavy (non-hydrogen) atoms. The van der Waals surface area contributed by atoms with Gasteiger partial charge in [-0.3, -0.25) is 4.79 Å². The Balaban J connectivity index is 2.60. The fraction of sp³-hybridized carbons (Fsp3) is 0.385. The molecule has 0 spiro atoms. The second-order valence-corrected chi connectivity index (χ2v) is 4.98. The maximum Gasteiger partial charge on any atom is 0.326 e. The Kier molecular flexibility index (Phi) is 6.78. The smallest absolute Gasteiger partial charge is 0.326 e. The molecule has 1 aromatic carbocycles. The third kappa shape index (κ3) is 5.36. The predicted molar refractivity (Wildman–Crippen MR) is 76.2 cm³/mol. The number of carboxylic acid groups (broad SMARTS) is 1. The largest absolute Gasteiger partial charge is 0.480 e. The fourth-order valence-electron chi connectivity index (χ4n) is 1.57. The van der Waals surface area contributed by atoms with Gasteiger partial charge in [-0.2, -0.15) is 0 Å². The van der Waals surface area contributed by atoms with Crippen LogP contribution in [0.4, 0.5) is 0 Å². The molecule has 0 aliphatic carbocycles. The second-order valence-electron chi connectivity index (χ2n) is 4.17. The normalized spacial score (nSPS) is 11.9.